The number of hydrogen-bond acceptors (Lipinski definition) is 4. The summed E-state index contributed by atoms with van der Waals surface area (Å²) in [4.78, 5) is 20.3. The van der Waals surface area contributed by atoms with Gasteiger partial charge in [0.1, 0.15) is 10.8 Å². The van der Waals surface area contributed by atoms with Gasteiger partial charge in [0, 0.05) is 22.4 Å². The Balaban J connectivity index is 0.00000100. The average Bonchev–Trinajstić information content (AvgIpc) is 3.08. The van der Waals surface area contributed by atoms with Crippen molar-refractivity contribution >= 4 is 22.2 Å². The van der Waals surface area contributed by atoms with Crippen molar-refractivity contribution < 1.29 is 4.74 Å². The van der Waals surface area contributed by atoms with Gasteiger partial charge in [-0.3, -0.25) is 4.79 Å². The summed E-state index contributed by atoms with van der Waals surface area (Å²) in [6.07, 6.45) is 0. The number of hydrogen-bond donors (Lipinski definition) is 1. The van der Waals surface area contributed by atoms with Crippen molar-refractivity contribution in [2.75, 3.05) is 7.11 Å². The molecule has 0 fully saturated rings. The van der Waals surface area contributed by atoms with Gasteiger partial charge in [-0.2, -0.15) is 0 Å². The van der Waals surface area contributed by atoms with Crippen molar-refractivity contribution in [2.24, 2.45) is 0 Å². The van der Waals surface area contributed by atoms with E-state index in [0.29, 0.717) is 11.3 Å². The first-order valence-electron chi connectivity index (χ1n) is 8.17. The van der Waals surface area contributed by atoms with Gasteiger partial charge in [-0.1, -0.05) is 27.7 Å². The topological polar surface area (TPSA) is 55.0 Å². The van der Waals surface area contributed by atoms with Crippen LogP contribution in [0.3, 0.4) is 0 Å². The maximum Gasteiger partial charge on any atom is 0.190 e. The van der Waals surface area contributed by atoms with E-state index >= 15 is 0 Å². The van der Waals surface area contributed by atoms with Crippen LogP contribution in [0.2, 0.25) is 0 Å². The zero-order valence-corrected chi connectivity index (χ0v) is 15.9. The molecule has 0 radical (unpaired) electrons. The monoisotopic (exact) mass is 344 g/mol. The molecule has 5 heteroatoms. The van der Waals surface area contributed by atoms with Crippen molar-refractivity contribution in [2.45, 2.75) is 40.5 Å². The molecule has 0 amide bonds. The van der Waals surface area contributed by atoms with Crippen LogP contribution in [0.25, 0.3) is 21.6 Å². The second-order valence-corrected chi connectivity index (χ2v) is 6.45. The second kappa shape index (κ2) is 7.62. The molecule has 0 saturated carbocycles. The standard InChI is InChI=1S/C17H18N2O2S.C2H6/c1-9(2)13-8-22-17(19-13)12-7-14(20)11-5-6-15(21-4)10(3)16(11)18-12;1-2/h5-9H,1-4H3,(H,18,20);1-2H3. The van der Waals surface area contributed by atoms with Crippen LogP contribution >= 0.6 is 11.3 Å². The molecule has 3 rings (SSSR count). The Morgan fingerprint density at radius 3 is 2.54 bits per heavy atom. The Labute approximate surface area is 146 Å². The number of rotatable bonds is 3. The first-order valence-corrected chi connectivity index (χ1v) is 9.05. The molecule has 0 unspecified atom stereocenters. The molecule has 1 N–H and O–H groups in total. The van der Waals surface area contributed by atoms with Crippen molar-refractivity contribution in [3.05, 3.63) is 45.1 Å². The van der Waals surface area contributed by atoms with E-state index < -0.39 is 0 Å². The summed E-state index contributed by atoms with van der Waals surface area (Å²) in [7, 11) is 1.63. The molecule has 24 heavy (non-hydrogen) atoms. The number of fused-ring (bicyclic) bond motifs is 1. The molecule has 2 heterocycles. The van der Waals surface area contributed by atoms with Gasteiger partial charge in [-0.05, 0) is 25.0 Å². The highest BCUT2D eigenvalue weighted by atomic mass is 32.1. The Hall–Kier alpha value is -2.14. The first kappa shape index (κ1) is 18.2. The number of aromatic nitrogens is 2. The van der Waals surface area contributed by atoms with Gasteiger partial charge in [-0.15, -0.1) is 11.3 Å². The third kappa shape index (κ3) is 3.36. The van der Waals surface area contributed by atoms with E-state index in [4.69, 9.17) is 4.74 Å². The summed E-state index contributed by atoms with van der Waals surface area (Å²) < 4.78 is 5.34. The molecule has 2 aromatic heterocycles. The zero-order chi connectivity index (χ0) is 17.9. The molecule has 0 saturated heterocycles. The van der Waals surface area contributed by atoms with Crippen molar-refractivity contribution in [3.63, 3.8) is 0 Å². The highest BCUT2D eigenvalue weighted by Crippen LogP contribution is 2.28. The zero-order valence-electron chi connectivity index (χ0n) is 15.1. The number of nitrogens with one attached hydrogen (secondary N) is 1. The third-order valence-corrected chi connectivity index (χ3v) is 4.67. The van der Waals surface area contributed by atoms with E-state index in [2.05, 4.69) is 23.8 Å². The summed E-state index contributed by atoms with van der Waals surface area (Å²) in [5, 5.41) is 3.55. The largest absolute Gasteiger partial charge is 0.496 e. The summed E-state index contributed by atoms with van der Waals surface area (Å²) in [6, 6.07) is 5.25. The smallest absolute Gasteiger partial charge is 0.190 e. The van der Waals surface area contributed by atoms with Gasteiger partial charge in [0.15, 0.2) is 5.43 Å². The van der Waals surface area contributed by atoms with E-state index in [1.54, 1.807) is 30.6 Å². The third-order valence-electron chi connectivity index (χ3n) is 3.78. The minimum absolute atomic E-state index is 0.00389. The lowest BCUT2D eigenvalue weighted by Gasteiger charge is -2.09. The number of pyridine rings is 1. The minimum Gasteiger partial charge on any atom is -0.496 e. The molecule has 0 aliphatic heterocycles. The molecule has 0 atom stereocenters. The highest BCUT2D eigenvalue weighted by Gasteiger charge is 2.12. The SMILES string of the molecule is CC.COc1ccc2c(=O)cc(-c3nc(C(C)C)cs3)[nH]c2c1C. The number of thiazole rings is 1. The summed E-state index contributed by atoms with van der Waals surface area (Å²) in [6.45, 7) is 10.2. The maximum absolute atomic E-state index is 12.4. The number of aryl methyl sites for hydroxylation is 1. The van der Waals surface area contributed by atoms with Gasteiger partial charge in [0.05, 0.1) is 24.0 Å². The van der Waals surface area contributed by atoms with Crippen LogP contribution < -0.4 is 10.2 Å². The molecular weight excluding hydrogens is 320 g/mol. The lowest BCUT2D eigenvalue weighted by molar-refractivity contribution is 0.412. The molecule has 0 bridgehead atoms. The Bertz CT molecular complexity index is 894. The first-order chi connectivity index (χ1) is 11.5. The van der Waals surface area contributed by atoms with E-state index in [0.717, 1.165) is 33.2 Å². The normalized spacial score (nSPS) is 10.6. The molecule has 0 spiro atoms. The molecule has 3 aromatic rings. The maximum atomic E-state index is 12.4. The van der Waals surface area contributed by atoms with Gasteiger partial charge >= 0.3 is 0 Å². The molecule has 0 aliphatic rings. The number of H-pyrrole nitrogens is 1. The van der Waals surface area contributed by atoms with E-state index in [1.165, 1.54) is 0 Å². The van der Waals surface area contributed by atoms with Crippen LogP contribution in [0, 0.1) is 6.92 Å². The Morgan fingerprint density at radius 1 is 1.25 bits per heavy atom. The predicted octanol–water partition coefficient (Wildman–Crippen LogP) is 5.12. The van der Waals surface area contributed by atoms with Gasteiger partial charge < -0.3 is 9.72 Å². The van der Waals surface area contributed by atoms with Gasteiger partial charge in [-0.25, -0.2) is 4.98 Å². The van der Waals surface area contributed by atoms with Crippen LogP contribution in [0.4, 0.5) is 0 Å². The summed E-state index contributed by atoms with van der Waals surface area (Å²) in [5.41, 5.74) is 3.53. The summed E-state index contributed by atoms with van der Waals surface area (Å²) in [5.74, 6) is 1.14. The van der Waals surface area contributed by atoms with E-state index in [1.807, 2.05) is 32.2 Å². The molecule has 128 valence electrons. The number of benzene rings is 1. The molecule has 4 nitrogen and oxygen atoms in total. The number of aromatic amines is 1. The Morgan fingerprint density at radius 2 is 1.96 bits per heavy atom. The fourth-order valence-electron chi connectivity index (χ4n) is 2.45. The molecule has 0 aliphatic carbocycles. The van der Waals surface area contributed by atoms with Crippen LogP contribution in [0.5, 0.6) is 5.75 Å². The van der Waals surface area contributed by atoms with Gasteiger partial charge in [0.2, 0.25) is 0 Å². The highest BCUT2D eigenvalue weighted by molar-refractivity contribution is 7.13. The average molecular weight is 344 g/mol. The van der Waals surface area contributed by atoms with Crippen molar-refractivity contribution in [1.82, 2.24) is 9.97 Å². The summed E-state index contributed by atoms with van der Waals surface area (Å²) >= 11 is 1.55. The fourth-order valence-corrected chi connectivity index (χ4v) is 3.40. The quantitative estimate of drug-likeness (QED) is 0.717. The van der Waals surface area contributed by atoms with E-state index in [9.17, 15) is 4.79 Å². The van der Waals surface area contributed by atoms with Gasteiger partial charge in [0.25, 0.3) is 0 Å². The predicted molar refractivity (Wildman–Crippen MR) is 102 cm³/mol. The minimum atomic E-state index is -0.00389. The Kier molecular flexibility index (Phi) is 5.78. The number of nitrogens with zero attached hydrogens (tertiary/aromatic N) is 1. The van der Waals surface area contributed by atoms with Crippen LogP contribution in [0.1, 0.15) is 44.9 Å². The second-order valence-electron chi connectivity index (χ2n) is 5.59. The van der Waals surface area contributed by atoms with Crippen LogP contribution in [0.15, 0.2) is 28.4 Å². The van der Waals surface area contributed by atoms with Crippen LogP contribution in [-0.4, -0.2) is 17.1 Å². The van der Waals surface area contributed by atoms with Crippen molar-refractivity contribution in [1.29, 1.82) is 0 Å². The van der Waals surface area contributed by atoms with Crippen molar-refractivity contribution in [3.8, 4) is 16.5 Å². The number of ether oxygens (including phenoxy) is 1. The van der Waals surface area contributed by atoms with Crippen LogP contribution in [-0.2, 0) is 0 Å². The lowest BCUT2D eigenvalue weighted by Crippen LogP contribution is -2.04. The number of methoxy groups -OCH3 is 1. The fraction of sp³-hybridized carbons (Fsp3) is 0.368. The van der Waals surface area contributed by atoms with E-state index in [-0.39, 0.29) is 5.43 Å². The lowest BCUT2D eigenvalue weighted by atomic mass is 10.1. The molecular formula is C19H24N2O2S. The molecule has 1 aromatic carbocycles.